The van der Waals surface area contributed by atoms with Crippen molar-refractivity contribution in [1.29, 1.82) is 0 Å². The van der Waals surface area contributed by atoms with Crippen molar-refractivity contribution in [2.75, 3.05) is 10.2 Å². The second-order valence-electron chi connectivity index (χ2n) is 8.41. The summed E-state index contributed by atoms with van der Waals surface area (Å²) in [5.41, 5.74) is 1.47. The summed E-state index contributed by atoms with van der Waals surface area (Å²) in [7, 11) is 0. The van der Waals surface area contributed by atoms with Crippen molar-refractivity contribution in [3.05, 3.63) is 100 Å². The molecule has 0 saturated carbocycles. The molecule has 1 N–H and O–H groups in total. The first-order valence-corrected chi connectivity index (χ1v) is 11.8. The van der Waals surface area contributed by atoms with E-state index in [0.717, 1.165) is 4.90 Å². The molecule has 0 saturated heterocycles. The number of anilines is 2. The molecule has 0 aromatic heterocycles. The normalized spacial score (nSPS) is 13.1. The molecule has 1 aliphatic rings. The molecule has 3 aromatic carbocycles. The predicted octanol–water partition coefficient (Wildman–Crippen LogP) is 4.72. The molecule has 0 aliphatic carbocycles. The Labute approximate surface area is 222 Å². The largest absolute Gasteiger partial charge is 0.459 e. The van der Waals surface area contributed by atoms with Gasteiger partial charge in [-0.05, 0) is 86.6 Å². The van der Waals surface area contributed by atoms with Gasteiger partial charge in [0, 0.05) is 11.3 Å². The van der Waals surface area contributed by atoms with E-state index in [1.807, 2.05) is 0 Å². The Morgan fingerprint density at radius 3 is 2.00 bits per heavy atom. The van der Waals surface area contributed by atoms with E-state index >= 15 is 0 Å². The molecule has 2 amide bonds. The maximum atomic E-state index is 13.0. The number of imide groups is 1. The number of aldehydes is 1. The van der Waals surface area contributed by atoms with Crippen LogP contribution in [0.5, 0.6) is 5.75 Å². The van der Waals surface area contributed by atoms with Crippen molar-refractivity contribution in [1.82, 2.24) is 0 Å². The zero-order valence-corrected chi connectivity index (χ0v) is 21.0. The summed E-state index contributed by atoms with van der Waals surface area (Å²) in [6.45, 7) is 3.46. The van der Waals surface area contributed by atoms with E-state index in [0.29, 0.717) is 17.5 Å². The third kappa shape index (κ3) is 5.63. The van der Waals surface area contributed by atoms with Gasteiger partial charge in [0.15, 0.2) is 0 Å². The van der Waals surface area contributed by atoms with Crippen LogP contribution in [0.25, 0.3) is 0 Å². The molecule has 1 aliphatic heterocycles. The lowest BCUT2D eigenvalue weighted by molar-refractivity contribution is -0.120. The number of hydrogen-bond acceptors (Lipinski definition) is 8. The Hall–Kier alpha value is -4.76. The van der Waals surface area contributed by atoms with E-state index in [4.69, 9.17) is 21.1 Å². The number of carbonyl (C=O) groups excluding carboxylic acids is 5. The van der Waals surface area contributed by atoms with Crippen LogP contribution in [0.4, 0.5) is 11.4 Å². The fourth-order valence-corrected chi connectivity index (χ4v) is 3.70. The van der Waals surface area contributed by atoms with E-state index < -0.39 is 23.8 Å². The van der Waals surface area contributed by atoms with Gasteiger partial charge in [-0.1, -0.05) is 11.6 Å². The summed E-state index contributed by atoms with van der Waals surface area (Å²) in [5.74, 6) is -2.27. The molecule has 3 aromatic rings. The zero-order valence-electron chi connectivity index (χ0n) is 20.3. The van der Waals surface area contributed by atoms with E-state index in [1.165, 1.54) is 72.8 Å². The average molecular weight is 533 g/mol. The molecular formula is C28H21ClN2O7. The number of esters is 2. The van der Waals surface area contributed by atoms with Crippen LogP contribution in [-0.2, 0) is 14.3 Å². The van der Waals surface area contributed by atoms with Gasteiger partial charge in [-0.2, -0.15) is 0 Å². The lowest BCUT2D eigenvalue weighted by atomic mass is 10.2. The number of halogens is 1. The van der Waals surface area contributed by atoms with E-state index in [-0.39, 0.29) is 39.4 Å². The van der Waals surface area contributed by atoms with Gasteiger partial charge in [0.1, 0.15) is 22.8 Å². The van der Waals surface area contributed by atoms with E-state index in [2.05, 4.69) is 5.32 Å². The van der Waals surface area contributed by atoms with Gasteiger partial charge < -0.3 is 14.8 Å². The number of nitrogens with one attached hydrogen (secondary N) is 1. The monoisotopic (exact) mass is 532 g/mol. The number of nitrogens with zero attached hydrogens (tertiary/aromatic N) is 1. The molecule has 4 rings (SSSR count). The fraction of sp³-hybridized carbons (Fsp3) is 0.107. The molecule has 0 atom stereocenters. The summed E-state index contributed by atoms with van der Waals surface area (Å²) in [6, 6.07) is 17.9. The van der Waals surface area contributed by atoms with Crippen LogP contribution in [0, 0.1) is 0 Å². The smallest absolute Gasteiger partial charge is 0.343 e. The molecule has 10 heteroatoms. The standard InChI is InChI=1S/C28H21ClN2O7/c1-16(2)37-27(35)19-7-11-21(12-8-19)31-25(33)23(29)24(26(31)34)30-20-9-5-18(6-10-20)28(36)38-22-13-3-17(15-32)4-14-22/h3-16,30H,1-2H3. The van der Waals surface area contributed by atoms with Gasteiger partial charge >= 0.3 is 11.9 Å². The highest BCUT2D eigenvalue weighted by Crippen LogP contribution is 2.30. The number of benzene rings is 3. The second kappa shape index (κ2) is 11.1. The number of rotatable bonds is 8. The Morgan fingerprint density at radius 2 is 1.42 bits per heavy atom. The minimum atomic E-state index is -0.725. The number of amides is 2. The number of ether oxygens (including phenoxy) is 2. The summed E-state index contributed by atoms with van der Waals surface area (Å²) >= 11 is 6.19. The fourth-order valence-electron chi connectivity index (χ4n) is 3.49. The minimum Gasteiger partial charge on any atom is -0.459 e. The van der Waals surface area contributed by atoms with Gasteiger partial charge in [-0.25, -0.2) is 14.5 Å². The van der Waals surface area contributed by atoms with Crippen molar-refractivity contribution in [3.63, 3.8) is 0 Å². The van der Waals surface area contributed by atoms with Gasteiger partial charge in [0.2, 0.25) is 0 Å². The van der Waals surface area contributed by atoms with Crippen LogP contribution in [-0.4, -0.2) is 36.1 Å². The van der Waals surface area contributed by atoms with E-state index in [1.54, 1.807) is 13.8 Å². The second-order valence-corrected chi connectivity index (χ2v) is 8.79. The summed E-state index contributed by atoms with van der Waals surface area (Å²) in [4.78, 5) is 61.9. The minimum absolute atomic E-state index is 0.134. The quantitative estimate of drug-likeness (QED) is 0.191. The van der Waals surface area contributed by atoms with Crippen molar-refractivity contribution >= 4 is 53.0 Å². The van der Waals surface area contributed by atoms with Crippen LogP contribution in [0.1, 0.15) is 44.9 Å². The lowest BCUT2D eigenvalue weighted by Crippen LogP contribution is -2.32. The molecular weight excluding hydrogens is 512 g/mol. The highest BCUT2D eigenvalue weighted by molar-refractivity contribution is 6.53. The molecule has 0 bridgehead atoms. The molecule has 0 unspecified atom stereocenters. The SMILES string of the molecule is CC(C)OC(=O)c1ccc(N2C(=O)C(Cl)=C(Nc3ccc(C(=O)Oc4ccc(C=O)cc4)cc3)C2=O)cc1. The van der Waals surface area contributed by atoms with Crippen LogP contribution >= 0.6 is 11.6 Å². The molecule has 9 nitrogen and oxygen atoms in total. The maximum absolute atomic E-state index is 13.0. The van der Waals surface area contributed by atoms with Crippen molar-refractivity contribution in [2.24, 2.45) is 0 Å². The summed E-state index contributed by atoms with van der Waals surface area (Å²) in [6.07, 6.45) is 0.394. The van der Waals surface area contributed by atoms with E-state index in [9.17, 15) is 24.0 Å². The van der Waals surface area contributed by atoms with Crippen LogP contribution in [0.15, 0.2) is 83.5 Å². The Kier molecular flexibility index (Phi) is 7.68. The van der Waals surface area contributed by atoms with Crippen LogP contribution in [0.3, 0.4) is 0 Å². The van der Waals surface area contributed by atoms with Crippen molar-refractivity contribution < 1.29 is 33.4 Å². The Balaban J connectivity index is 1.43. The number of hydrogen-bond donors (Lipinski definition) is 1. The summed E-state index contributed by atoms with van der Waals surface area (Å²) in [5, 5.41) is 2.52. The molecule has 0 spiro atoms. The highest BCUT2D eigenvalue weighted by atomic mass is 35.5. The van der Waals surface area contributed by atoms with Crippen molar-refractivity contribution in [3.8, 4) is 5.75 Å². The lowest BCUT2D eigenvalue weighted by Gasteiger charge is -2.16. The maximum Gasteiger partial charge on any atom is 0.343 e. The first-order chi connectivity index (χ1) is 18.2. The molecule has 1 heterocycles. The predicted molar refractivity (Wildman–Crippen MR) is 139 cm³/mol. The van der Waals surface area contributed by atoms with Gasteiger partial charge in [0.05, 0.1) is 22.9 Å². The van der Waals surface area contributed by atoms with Crippen LogP contribution < -0.4 is 15.0 Å². The van der Waals surface area contributed by atoms with Crippen LogP contribution in [0.2, 0.25) is 0 Å². The molecule has 0 radical (unpaired) electrons. The molecule has 38 heavy (non-hydrogen) atoms. The topological polar surface area (TPSA) is 119 Å². The van der Waals surface area contributed by atoms with Gasteiger partial charge in [-0.3, -0.25) is 14.4 Å². The average Bonchev–Trinajstić information content (AvgIpc) is 3.12. The Morgan fingerprint density at radius 1 is 0.842 bits per heavy atom. The Bertz CT molecular complexity index is 1440. The third-order valence-electron chi connectivity index (χ3n) is 5.35. The molecule has 192 valence electrons. The van der Waals surface area contributed by atoms with Crippen molar-refractivity contribution in [2.45, 2.75) is 20.0 Å². The summed E-state index contributed by atoms with van der Waals surface area (Å²) < 4.78 is 10.4. The first kappa shape index (κ1) is 26.3. The first-order valence-electron chi connectivity index (χ1n) is 11.4. The van der Waals surface area contributed by atoms with Gasteiger partial charge in [0.25, 0.3) is 11.8 Å². The number of carbonyl (C=O) groups is 5. The highest BCUT2D eigenvalue weighted by Gasteiger charge is 2.39. The zero-order chi connectivity index (χ0) is 27.4. The molecule has 0 fully saturated rings. The van der Waals surface area contributed by atoms with Gasteiger partial charge in [-0.15, -0.1) is 0 Å². The third-order valence-corrected chi connectivity index (χ3v) is 5.70.